The maximum absolute atomic E-state index is 16.7. The van der Waals surface area contributed by atoms with Crippen LogP contribution in [0.5, 0.6) is 0 Å². The molecule has 0 radical (unpaired) electrons. The van der Waals surface area contributed by atoms with Crippen molar-refractivity contribution in [2.24, 2.45) is 23.1 Å². The first kappa shape index (κ1) is 29.4. The minimum atomic E-state index is -4.91. The molecule has 1 saturated carbocycles. The molecule has 1 aliphatic heterocycles. The molecule has 220 valence electrons. The van der Waals surface area contributed by atoms with Gasteiger partial charge < -0.3 is 17.2 Å². The van der Waals surface area contributed by atoms with E-state index in [4.69, 9.17) is 17.2 Å². The van der Waals surface area contributed by atoms with E-state index >= 15 is 4.39 Å². The number of carbonyl (C=O) groups excluding carboxylic acids is 1. The summed E-state index contributed by atoms with van der Waals surface area (Å²) in [5, 5.41) is 10.2. The van der Waals surface area contributed by atoms with Crippen molar-refractivity contribution >= 4 is 11.6 Å². The number of allylic oxidation sites excluding steroid dienone is 3. The average Bonchev–Trinajstić information content (AvgIpc) is 3.71. The topological polar surface area (TPSA) is 134 Å². The second-order valence-electron chi connectivity index (χ2n) is 11.1. The molecule has 0 aromatic heterocycles. The van der Waals surface area contributed by atoms with Crippen LogP contribution in [0.25, 0.3) is 0 Å². The summed E-state index contributed by atoms with van der Waals surface area (Å²) in [6.45, 7) is 0.0799. The van der Waals surface area contributed by atoms with E-state index in [-0.39, 0.29) is 30.1 Å². The van der Waals surface area contributed by atoms with Gasteiger partial charge in [-0.1, -0.05) is 42.5 Å². The molecule has 1 amide bonds. The van der Waals surface area contributed by atoms with E-state index < -0.39 is 35.0 Å². The van der Waals surface area contributed by atoms with Crippen molar-refractivity contribution < 1.29 is 22.4 Å². The molecule has 2 aromatic carbocycles. The number of halogens is 4. The Morgan fingerprint density at radius 2 is 1.93 bits per heavy atom. The Bertz CT molecular complexity index is 1510. The van der Waals surface area contributed by atoms with E-state index in [1.54, 1.807) is 24.3 Å². The average molecular weight is 581 g/mol. The largest absolute Gasteiger partial charge is 0.432 e. The van der Waals surface area contributed by atoms with Crippen LogP contribution in [0.4, 0.5) is 23.2 Å². The SMILES string of the molecule is N#Cc1cccc(C(CCC2=CC=CC(N)(C3(C(N)=O)C=C(C(F)(F)F)NN3c3cccc(CN)c3)C2F)C2CC2)c1. The molecule has 0 spiro atoms. The van der Waals surface area contributed by atoms with Gasteiger partial charge in [0, 0.05) is 6.54 Å². The standard InChI is InChI=1S/C31H32F4N6O/c32-27-22(11-12-25(21-9-10-21)23-6-1-4-19(14-23)17-36)7-3-13-29(27,39)30(28(38)42)16-26(31(33,34)35)40-41(30)24-8-2-5-20(15-24)18-37/h1-8,13-16,21,25,27,40H,9-12,18,37,39H2,(H2,38,42). The van der Waals surface area contributed by atoms with Crippen molar-refractivity contribution in [3.05, 3.63) is 101 Å². The van der Waals surface area contributed by atoms with E-state index in [0.29, 0.717) is 29.5 Å². The van der Waals surface area contributed by atoms with Crippen LogP contribution in [0.3, 0.4) is 0 Å². The van der Waals surface area contributed by atoms with Gasteiger partial charge in [-0.25, -0.2) is 4.39 Å². The molecule has 5 rings (SSSR count). The molecule has 0 bridgehead atoms. The number of hydrazine groups is 1. The lowest BCUT2D eigenvalue weighted by molar-refractivity contribution is -0.123. The summed E-state index contributed by atoms with van der Waals surface area (Å²) >= 11 is 0. The number of hydrogen-bond acceptors (Lipinski definition) is 6. The number of rotatable bonds is 9. The number of alkyl halides is 4. The molecule has 3 aliphatic rings. The van der Waals surface area contributed by atoms with Gasteiger partial charge in [0.1, 0.15) is 17.4 Å². The minimum absolute atomic E-state index is 0.0648. The Labute approximate surface area is 241 Å². The second-order valence-corrected chi connectivity index (χ2v) is 11.1. The van der Waals surface area contributed by atoms with Crippen LogP contribution in [0, 0.1) is 17.2 Å². The molecule has 1 heterocycles. The van der Waals surface area contributed by atoms with Gasteiger partial charge in [-0.2, -0.15) is 18.4 Å². The predicted molar refractivity (Wildman–Crippen MR) is 151 cm³/mol. The van der Waals surface area contributed by atoms with Crippen LogP contribution in [-0.4, -0.2) is 29.3 Å². The van der Waals surface area contributed by atoms with Crippen molar-refractivity contribution in [1.29, 1.82) is 5.26 Å². The van der Waals surface area contributed by atoms with E-state index in [9.17, 15) is 23.2 Å². The van der Waals surface area contributed by atoms with Crippen molar-refractivity contribution in [3.63, 3.8) is 0 Å². The quantitative estimate of drug-likeness (QED) is 0.323. The van der Waals surface area contributed by atoms with Crippen LogP contribution in [-0.2, 0) is 11.3 Å². The number of carbonyl (C=O) groups is 1. The van der Waals surface area contributed by atoms with Crippen LogP contribution >= 0.6 is 0 Å². The molecule has 7 nitrogen and oxygen atoms in total. The maximum atomic E-state index is 16.7. The zero-order chi connectivity index (χ0) is 30.3. The van der Waals surface area contributed by atoms with E-state index in [1.165, 1.54) is 24.3 Å². The molecule has 7 N–H and O–H groups in total. The fourth-order valence-electron chi connectivity index (χ4n) is 6.13. The molecular formula is C31H32F4N6O. The van der Waals surface area contributed by atoms with E-state index in [1.807, 2.05) is 18.2 Å². The van der Waals surface area contributed by atoms with Gasteiger partial charge in [0.25, 0.3) is 5.91 Å². The molecule has 0 saturated heterocycles. The lowest BCUT2D eigenvalue weighted by Crippen LogP contribution is -2.76. The highest BCUT2D eigenvalue weighted by molar-refractivity contribution is 5.95. The highest BCUT2D eigenvalue weighted by atomic mass is 19.4. The summed E-state index contributed by atoms with van der Waals surface area (Å²) in [5.41, 5.74) is 16.9. The number of nitrogens with zero attached hydrogens (tertiary/aromatic N) is 2. The predicted octanol–water partition coefficient (Wildman–Crippen LogP) is 4.52. The number of primary amides is 1. The molecule has 11 heteroatoms. The van der Waals surface area contributed by atoms with Gasteiger partial charge in [-0.05, 0) is 84.6 Å². The van der Waals surface area contributed by atoms with Crippen LogP contribution in [0.2, 0.25) is 0 Å². The van der Waals surface area contributed by atoms with Gasteiger partial charge in [0.05, 0.1) is 17.3 Å². The molecule has 4 unspecified atom stereocenters. The van der Waals surface area contributed by atoms with Crippen LogP contribution < -0.4 is 27.6 Å². The zero-order valence-corrected chi connectivity index (χ0v) is 22.7. The molecule has 42 heavy (non-hydrogen) atoms. The van der Waals surface area contributed by atoms with Gasteiger partial charge in [0.2, 0.25) is 0 Å². The first-order valence-corrected chi connectivity index (χ1v) is 13.7. The fourth-order valence-corrected chi connectivity index (χ4v) is 6.13. The van der Waals surface area contributed by atoms with Crippen molar-refractivity contribution in [2.45, 2.75) is 61.6 Å². The lowest BCUT2D eigenvalue weighted by Gasteiger charge is -2.49. The Hall–Kier alpha value is -4.14. The highest BCUT2D eigenvalue weighted by Crippen LogP contribution is 2.49. The number of amides is 1. The highest BCUT2D eigenvalue weighted by Gasteiger charge is 2.65. The summed E-state index contributed by atoms with van der Waals surface area (Å²) in [7, 11) is 0. The third kappa shape index (κ3) is 5.05. The zero-order valence-electron chi connectivity index (χ0n) is 22.7. The summed E-state index contributed by atoms with van der Waals surface area (Å²) in [6, 6.07) is 15.7. The van der Waals surface area contributed by atoms with Crippen LogP contribution in [0.15, 0.2) is 84.1 Å². The Balaban J connectivity index is 1.51. The summed E-state index contributed by atoms with van der Waals surface area (Å²) in [5.74, 6) is -0.805. The monoisotopic (exact) mass is 580 g/mol. The number of benzene rings is 2. The third-order valence-corrected chi connectivity index (χ3v) is 8.49. The van der Waals surface area contributed by atoms with E-state index in [2.05, 4.69) is 11.5 Å². The summed E-state index contributed by atoms with van der Waals surface area (Å²) in [6.07, 6.45) is 0.649. The number of hydrogen-bond donors (Lipinski definition) is 4. The van der Waals surface area contributed by atoms with Crippen LogP contribution in [0.1, 0.15) is 48.3 Å². The Morgan fingerprint density at radius 1 is 1.19 bits per heavy atom. The molecule has 2 aromatic rings. The van der Waals surface area contributed by atoms with E-state index in [0.717, 1.165) is 23.4 Å². The van der Waals surface area contributed by atoms with Crippen molar-refractivity contribution in [1.82, 2.24) is 5.43 Å². The normalized spacial score (nSPS) is 26.2. The molecule has 4 atom stereocenters. The first-order valence-electron chi connectivity index (χ1n) is 13.7. The fraction of sp³-hybridized carbons (Fsp3) is 0.355. The second kappa shape index (κ2) is 10.9. The maximum Gasteiger partial charge on any atom is 0.432 e. The number of anilines is 1. The van der Waals surface area contributed by atoms with Gasteiger partial charge >= 0.3 is 6.18 Å². The number of nitrogens with one attached hydrogen (secondary N) is 1. The van der Waals surface area contributed by atoms with Crippen molar-refractivity contribution in [2.75, 3.05) is 5.01 Å². The summed E-state index contributed by atoms with van der Waals surface area (Å²) < 4.78 is 58.9. The minimum Gasteiger partial charge on any atom is -0.367 e. The summed E-state index contributed by atoms with van der Waals surface area (Å²) in [4.78, 5) is 13.3. The Kier molecular flexibility index (Phi) is 7.64. The smallest absolute Gasteiger partial charge is 0.367 e. The molecule has 2 aliphatic carbocycles. The first-order chi connectivity index (χ1) is 19.9. The third-order valence-electron chi connectivity index (χ3n) is 8.49. The van der Waals surface area contributed by atoms with Gasteiger partial charge in [0.15, 0.2) is 5.54 Å². The van der Waals surface area contributed by atoms with Gasteiger partial charge in [-0.15, -0.1) is 0 Å². The van der Waals surface area contributed by atoms with Crippen molar-refractivity contribution in [3.8, 4) is 6.07 Å². The molecular weight excluding hydrogens is 548 g/mol. The Morgan fingerprint density at radius 3 is 2.57 bits per heavy atom. The van der Waals surface area contributed by atoms with Gasteiger partial charge in [-0.3, -0.25) is 15.2 Å². The number of nitrogens with two attached hydrogens (primary N) is 3. The molecule has 1 fully saturated rings. The lowest BCUT2D eigenvalue weighted by atomic mass is 9.68. The number of nitriles is 1.